The molecule has 0 aliphatic carbocycles. The van der Waals surface area contributed by atoms with Gasteiger partial charge in [0.15, 0.2) is 6.61 Å². The van der Waals surface area contributed by atoms with Gasteiger partial charge in [-0.1, -0.05) is 0 Å². The number of nitrogens with zero attached hydrogens (tertiary/aromatic N) is 4. The van der Waals surface area contributed by atoms with Crippen LogP contribution in [0.3, 0.4) is 0 Å². The van der Waals surface area contributed by atoms with Gasteiger partial charge in [0.25, 0.3) is 5.91 Å². The van der Waals surface area contributed by atoms with Gasteiger partial charge < -0.3 is 14.7 Å². The predicted molar refractivity (Wildman–Crippen MR) is 106 cm³/mol. The van der Waals surface area contributed by atoms with Crippen LogP contribution in [-0.4, -0.2) is 57.2 Å². The fourth-order valence-corrected chi connectivity index (χ4v) is 3.97. The smallest absolute Gasteiger partial charge is 0.422 e. The first-order valence-electron chi connectivity index (χ1n) is 9.98. The molecule has 2 aromatic heterocycles. The molecule has 1 saturated heterocycles. The summed E-state index contributed by atoms with van der Waals surface area (Å²) in [6.07, 6.45) is -2.39. The second kappa shape index (κ2) is 8.05. The molecule has 0 saturated carbocycles. The SMILES string of the molecule is Cc1cc(C(C)N2Cc3c(ccnc3N3CC(O)CC3=O)C2=O)cnc1OCC(F)(F)F. The highest BCUT2D eigenvalue weighted by Gasteiger charge is 2.38. The zero-order valence-electron chi connectivity index (χ0n) is 17.4. The molecule has 2 atom stereocenters. The summed E-state index contributed by atoms with van der Waals surface area (Å²) in [5, 5.41) is 9.80. The normalized spacial score (nSPS) is 19.5. The van der Waals surface area contributed by atoms with Crippen LogP contribution in [0.15, 0.2) is 24.5 Å². The fraction of sp³-hybridized carbons (Fsp3) is 0.429. The minimum atomic E-state index is -4.47. The lowest BCUT2D eigenvalue weighted by Gasteiger charge is -2.25. The van der Waals surface area contributed by atoms with Gasteiger partial charge >= 0.3 is 6.18 Å². The Morgan fingerprint density at radius 3 is 2.69 bits per heavy atom. The number of alkyl halides is 3. The molecule has 2 unspecified atom stereocenters. The number of fused-ring (bicyclic) bond motifs is 1. The summed E-state index contributed by atoms with van der Waals surface area (Å²) >= 11 is 0. The number of pyridine rings is 2. The molecule has 2 amide bonds. The van der Waals surface area contributed by atoms with Gasteiger partial charge in [0.05, 0.1) is 31.7 Å². The molecular weight excluding hydrogens is 429 g/mol. The van der Waals surface area contributed by atoms with E-state index < -0.39 is 24.9 Å². The first-order chi connectivity index (χ1) is 15.0. The number of aliphatic hydroxyl groups is 1. The van der Waals surface area contributed by atoms with Gasteiger partial charge in [0, 0.05) is 29.1 Å². The van der Waals surface area contributed by atoms with E-state index >= 15 is 0 Å². The summed E-state index contributed by atoms with van der Waals surface area (Å²) in [5.74, 6) is -0.269. The Kier molecular flexibility index (Phi) is 5.53. The monoisotopic (exact) mass is 450 g/mol. The molecule has 170 valence electrons. The van der Waals surface area contributed by atoms with Gasteiger partial charge in [0.2, 0.25) is 11.8 Å². The van der Waals surface area contributed by atoms with Crippen LogP contribution in [0.25, 0.3) is 0 Å². The molecule has 0 radical (unpaired) electrons. The number of halogens is 3. The van der Waals surface area contributed by atoms with Crippen molar-refractivity contribution in [2.45, 2.75) is 45.1 Å². The van der Waals surface area contributed by atoms with Crippen molar-refractivity contribution in [2.24, 2.45) is 0 Å². The summed E-state index contributed by atoms with van der Waals surface area (Å²) < 4.78 is 42.0. The Morgan fingerprint density at radius 2 is 2.06 bits per heavy atom. The van der Waals surface area contributed by atoms with Gasteiger partial charge in [-0.25, -0.2) is 9.97 Å². The van der Waals surface area contributed by atoms with Gasteiger partial charge in [-0.2, -0.15) is 13.2 Å². The number of anilines is 1. The van der Waals surface area contributed by atoms with Crippen molar-refractivity contribution in [1.29, 1.82) is 0 Å². The van der Waals surface area contributed by atoms with Gasteiger partial charge in [-0.15, -0.1) is 0 Å². The number of β-amino-alcohol motifs (C(OH)–C–C–N with tert-alkyl or cyclic N) is 1. The number of carbonyl (C=O) groups is 2. The van der Waals surface area contributed by atoms with Crippen LogP contribution in [-0.2, 0) is 11.3 Å². The van der Waals surface area contributed by atoms with Crippen LogP contribution < -0.4 is 9.64 Å². The number of amides is 2. The van der Waals surface area contributed by atoms with Crippen molar-refractivity contribution < 1.29 is 32.6 Å². The largest absolute Gasteiger partial charge is 0.468 e. The van der Waals surface area contributed by atoms with Gasteiger partial charge in [-0.3, -0.25) is 14.5 Å². The second-order valence-corrected chi connectivity index (χ2v) is 7.93. The Hall–Kier alpha value is -3.21. The number of aromatic nitrogens is 2. The summed E-state index contributed by atoms with van der Waals surface area (Å²) in [7, 11) is 0. The lowest BCUT2D eigenvalue weighted by Crippen LogP contribution is -2.28. The molecule has 4 heterocycles. The number of hydrogen-bond acceptors (Lipinski definition) is 6. The molecule has 8 nitrogen and oxygen atoms in total. The third-order valence-corrected chi connectivity index (χ3v) is 5.59. The molecule has 32 heavy (non-hydrogen) atoms. The van der Waals surface area contributed by atoms with Gasteiger partial charge in [0.1, 0.15) is 5.82 Å². The molecule has 0 bridgehead atoms. The Morgan fingerprint density at radius 1 is 1.31 bits per heavy atom. The number of carbonyl (C=O) groups excluding carboxylic acids is 2. The highest BCUT2D eigenvalue weighted by Crippen LogP contribution is 2.36. The predicted octanol–water partition coefficient (Wildman–Crippen LogP) is 2.54. The Labute approximate surface area is 181 Å². The average molecular weight is 450 g/mol. The number of aliphatic hydroxyl groups excluding tert-OH is 1. The van der Waals surface area contributed by atoms with Gasteiger partial charge in [-0.05, 0) is 31.5 Å². The van der Waals surface area contributed by atoms with Crippen molar-refractivity contribution >= 4 is 17.6 Å². The van der Waals surface area contributed by atoms with Crippen LogP contribution in [0.4, 0.5) is 19.0 Å². The maximum Gasteiger partial charge on any atom is 0.422 e. The maximum absolute atomic E-state index is 13.1. The molecule has 2 aliphatic heterocycles. The zero-order valence-corrected chi connectivity index (χ0v) is 17.4. The van der Waals surface area contributed by atoms with E-state index in [0.717, 1.165) is 0 Å². The molecule has 11 heteroatoms. The summed E-state index contributed by atoms with van der Waals surface area (Å²) in [5.41, 5.74) is 2.07. The topological polar surface area (TPSA) is 95.9 Å². The number of ether oxygens (including phenoxy) is 1. The summed E-state index contributed by atoms with van der Waals surface area (Å²) in [4.78, 5) is 36.5. The minimum absolute atomic E-state index is 0.00706. The molecule has 0 aromatic carbocycles. The second-order valence-electron chi connectivity index (χ2n) is 7.93. The molecule has 1 fully saturated rings. The van der Waals surface area contributed by atoms with E-state index in [4.69, 9.17) is 4.74 Å². The molecule has 4 rings (SSSR count). The van der Waals surface area contributed by atoms with E-state index in [9.17, 15) is 27.9 Å². The first-order valence-corrected chi connectivity index (χ1v) is 9.98. The van der Waals surface area contributed by atoms with E-state index in [-0.39, 0.29) is 37.2 Å². The Bertz CT molecular complexity index is 1080. The van der Waals surface area contributed by atoms with Crippen LogP contribution in [0.2, 0.25) is 0 Å². The van der Waals surface area contributed by atoms with E-state index in [2.05, 4.69) is 9.97 Å². The highest BCUT2D eigenvalue weighted by molar-refractivity contribution is 6.02. The average Bonchev–Trinajstić information content (AvgIpc) is 3.24. The third-order valence-electron chi connectivity index (χ3n) is 5.59. The van der Waals surface area contributed by atoms with E-state index in [1.54, 1.807) is 30.9 Å². The molecule has 2 aromatic rings. The lowest BCUT2D eigenvalue weighted by molar-refractivity contribution is -0.154. The first kappa shape index (κ1) is 22.0. The van der Waals surface area contributed by atoms with Crippen LogP contribution in [0, 0.1) is 6.92 Å². The summed E-state index contributed by atoms with van der Waals surface area (Å²) in [6, 6.07) is 2.78. The Balaban J connectivity index is 1.56. The molecule has 0 spiro atoms. The van der Waals surface area contributed by atoms with Crippen molar-refractivity contribution in [3.63, 3.8) is 0 Å². The van der Waals surface area contributed by atoms with Crippen molar-refractivity contribution in [2.75, 3.05) is 18.1 Å². The molecular formula is C21H21F3N4O4. The van der Waals surface area contributed by atoms with E-state index in [0.29, 0.717) is 28.1 Å². The third kappa shape index (κ3) is 4.12. The van der Waals surface area contributed by atoms with Crippen LogP contribution in [0.1, 0.15) is 46.4 Å². The summed E-state index contributed by atoms with van der Waals surface area (Å²) in [6.45, 7) is 2.25. The zero-order chi connectivity index (χ0) is 23.2. The lowest BCUT2D eigenvalue weighted by atomic mass is 10.1. The van der Waals surface area contributed by atoms with E-state index in [1.165, 1.54) is 17.3 Å². The highest BCUT2D eigenvalue weighted by atomic mass is 19.4. The van der Waals surface area contributed by atoms with Crippen molar-refractivity contribution in [3.05, 3.63) is 46.8 Å². The van der Waals surface area contributed by atoms with Crippen LogP contribution in [0.5, 0.6) is 5.88 Å². The fourth-order valence-electron chi connectivity index (χ4n) is 3.97. The molecule has 1 N–H and O–H groups in total. The minimum Gasteiger partial charge on any atom is -0.468 e. The van der Waals surface area contributed by atoms with Crippen LogP contribution >= 0.6 is 0 Å². The number of aryl methyl sites for hydroxylation is 1. The quantitative estimate of drug-likeness (QED) is 0.752. The maximum atomic E-state index is 13.1. The number of rotatable bonds is 5. The standard InChI is InChI=1S/C21H21F3N4O4/c1-11-5-13(7-26-19(11)32-10-21(22,23)24)12(2)27-9-16-15(20(27)31)3-4-25-18(16)28-8-14(29)6-17(28)30/h3-5,7,12,14,29H,6,8-10H2,1-2H3. The van der Waals surface area contributed by atoms with Crippen molar-refractivity contribution in [1.82, 2.24) is 14.9 Å². The van der Waals surface area contributed by atoms with E-state index in [1.807, 2.05) is 0 Å². The number of hydrogen-bond donors (Lipinski definition) is 1. The molecule has 2 aliphatic rings. The van der Waals surface area contributed by atoms with Crippen molar-refractivity contribution in [3.8, 4) is 5.88 Å².